The van der Waals surface area contributed by atoms with Gasteiger partial charge >= 0.3 is 0 Å². The second kappa shape index (κ2) is 10.7. The van der Waals surface area contributed by atoms with Crippen LogP contribution < -0.4 is 5.32 Å². The average Bonchev–Trinajstić information content (AvgIpc) is 3.44. The molecule has 1 N–H and O–H groups in total. The van der Waals surface area contributed by atoms with E-state index in [1.54, 1.807) is 22.9 Å². The summed E-state index contributed by atoms with van der Waals surface area (Å²) in [7, 11) is 1.82. The third-order valence-electron chi connectivity index (χ3n) is 6.51. The number of amides is 1. The second-order valence-electron chi connectivity index (χ2n) is 8.99. The van der Waals surface area contributed by atoms with Gasteiger partial charge in [0, 0.05) is 57.3 Å². The van der Waals surface area contributed by atoms with E-state index in [0.717, 1.165) is 55.9 Å². The minimum absolute atomic E-state index is 0.0848. The number of carbonyl (C=O) groups is 1. The monoisotopic (exact) mass is 491 g/mol. The van der Waals surface area contributed by atoms with Gasteiger partial charge in [0.05, 0.1) is 4.88 Å². The van der Waals surface area contributed by atoms with Crippen molar-refractivity contribution in [2.75, 3.05) is 39.3 Å². The molecule has 3 heterocycles. The van der Waals surface area contributed by atoms with Gasteiger partial charge in [-0.2, -0.15) is 5.10 Å². The number of piperazine rings is 1. The van der Waals surface area contributed by atoms with E-state index in [2.05, 4.69) is 50.5 Å². The molecule has 1 aliphatic rings. The first-order chi connectivity index (χ1) is 17.1. The molecule has 0 unspecified atom stereocenters. The molecule has 5 rings (SSSR count). The average molecular weight is 492 g/mol. The van der Waals surface area contributed by atoms with E-state index in [0.29, 0.717) is 22.7 Å². The molecule has 0 radical (unpaired) electrons. The highest BCUT2D eigenvalue weighted by molar-refractivity contribution is 7.20. The van der Waals surface area contributed by atoms with Gasteiger partial charge in [-0.25, -0.2) is 4.39 Å². The molecule has 1 saturated heterocycles. The maximum absolute atomic E-state index is 14.3. The van der Waals surface area contributed by atoms with Crippen LogP contribution in [0.2, 0.25) is 0 Å². The predicted molar refractivity (Wildman–Crippen MR) is 139 cm³/mol. The first-order valence-electron chi connectivity index (χ1n) is 12.1. The molecule has 0 bridgehead atoms. The molecule has 4 aromatic rings. The van der Waals surface area contributed by atoms with E-state index >= 15 is 0 Å². The van der Waals surface area contributed by atoms with Crippen LogP contribution in [-0.2, 0) is 13.6 Å². The Bertz CT molecular complexity index is 1290. The van der Waals surface area contributed by atoms with Crippen molar-refractivity contribution in [3.05, 3.63) is 76.9 Å². The Balaban J connectivity index is 1.10. The molecule has 2 aromatic carbocycles. The van der Waals surface area contributed by atoms with Crippen molar-refractivity contribution in [2.24, 2.45) is 7.05 Å². The third-order valence-corrected chi connectivity index (χ3v) is 7.72. The summed E-state index contributed by atoms with van der Waals surface area (Å²) < 4.78 is 16.0. The van der Waals surface area contributed by atoms with Crippen LogP contribution >= 0.6 is 11.3 Å². The number of benzene rings is 2. The maximum Gasteiger partial charge on any atom is 0.261 e. The maximum atomic E-state index is 14.3. The number of nitrogens with zero attached hydrogens (tertiary/aromatic N) is 4. The summed E-state index contributed by atoms with van der Waals surface area (Å²) in [6.45, 7) is 6.88. The molecular formula is C27H30FN5OS. The summed E-state index contributed by atoms with van der Waals surface area (Å²) in [5.74, 6) is -0.399. The molecule has 2 aromatic heterocycles. The molecule has 0 spiro atoms. The predicted octanol–water partition coefficient (Wildman–Crippen LogP) is 4.38. The highest BCUT2D eigenvalue weighted by Crippen LogP contribution is 2.34. The van der Waals surface area contributed by atoms with Crippen molar-refractivity contribution in [2.45, 2.75) is 13.0 Å². The van der Waals surface area contributed by atoms with Gasteiger partial charge in [0.25, 0.3) is 5.91 Å². The van der Waals surface area contributed by atoms with E-state index in [1.165, 1.54) is 23.0 Å². The van der Waals surface area contributed by atoms with Gasteiger partial charge in [-0.05, 0) is 36.7 Å². The van der Waals surface area contributed by atoms with Gasteiger partial charge in [-0.1, -0.05) is 42.5 Å². The smallest absolute Gasteiger partial charge is 0.261 e. The van der Waals surface area contributed by atoms with Crippen LogP contribution in [0.1, 0.15) is 21.7 Å². The van der Waals surface area contributed by atoms with E-state index in [9.17, 15) is 9.18 Å². The van der Waals surface area contributed by atoms with E-state index in [4.69, 9.17) is 0 Å². The van der Waals surface area contributed by atoms with Gasteiger partial charge in [-0.3, -0.25) is 14.4 Å². The van der Waals surface area contributed by atoms with Crippen LogP contribution in [0.3, 0.4) is 0 Å². The van der Waals surface area contributed by atoms with Gasteiger partial charge < -0.3 is 10.2 Å². The molecule has 1 amide bonds. The fourth-order valence-electron chi connectivity index (χ4n) is 4.61. The first kappa shape index (κ1) is 23.7. The van der Waals surface area contributed by atoms with Crippen molar-refractivity contribution in [3.63, 3.8) is 0 Å². The summed E-state index contributed by atoms with van der Waals surface area (Å²) in [6.07, 6.45) is 0.914. The number of hydrogen-bond acceptors (Lipinski definition) is 5. The molecule has 1 aliphatic heterocycles. The minimum Gasteiger partial charge on any atom is -0.351 e. The SMILES string of the molecule is Cn1nc(-c2ccccc2F)c2cc(C(=O)NCCCN3CCN(Cc4ccccc4)CC3)sc21. The lowest BCUT2D eigenvalue weighted by Crippen LogP contribution is -2.46. The zero-order valence-corrected chi connectivity index (χ0v) is 20.7. The number of aryl methyl sites for hydroxylation is 1. The van der Waals surface area contributed by atoms with Gasteiger partial charge in [-0.15, -0.1) is 11.3 Å². The normalized spacial score (nSPS) is 15.0. The minimum atomic E-state index is -0.314. The largest absolute Gasteiger partial charge is 0.351 e. The fourth-order valence-corrected chi connectivity index (χ4v) is 5.60. The quantitative estimate of drug-likeness (QED) is 0.372. The molecule has 6 nitrogen and oxygen atoms in total. The summed E-state index contributed by atoms with van der Waals surface area (Å²) in [5, 5.41) is 8.34. The third kappa shape index (κ3) is 5.45. The number of carbonyl (C=O) groups excluding carboxylic acids is 1. The zero-order valence-electron chi connectivity index (χ0n) is 19.9. The number of hydrogen-bond donors (Lipinski definition) is 1. The Morgan fingerprint density at radius 1 is 1.03 bits per heavy atom. The van der Waals surface area contributed by atoms with Crippen LogP contribution in [-0.4, -0.2) is 64.8 Å². The lowest BCUT2D eigenvalue weighted by atomic mass is 10.1. The first-order valence-corrected chi connectivity index (χ1v) is 12.9. The van der Waals surface area contributed by atoms with Crippen molar-refractivity contribution in [1.82, 2.24) is 24.9 Å². The van der Waals surface area contributed by atoms with Gasteiger partial charge in [0.15, 0.2) is 0 Å². The summed E-state index contributed by atoms with van der Waals surface area (Å²) >= 11 is 1.39. The molecule has 0 aliphatic carbocycles. The molecule has 8 heteroatoms. The Morgan fingerprint density at radius 3 is 2.51 bits per heavy atom. The van der Waals surface area contributed by atoms with Crippen LogP contribution in [0, 0.1) is 5.82 Å². The summed E-state index contributed by atoms with van der Waals surface area (Å²) in [6, 6.07) is 19.0. The number of halogens is 1. The fraction of sp³-hybridized carbons (Fsp3) is 0.333. The Kier molecular flexibility index (Phi) is 7.22. The molecule has 0 saturated carbocycles. The summed E-state index contributed by atoms with van der Waals surface area (Å²) in [5.41, 5.74) is 2.38. The Hall–Kier alpha value is -3.07. The Labute approximate surface area is 209 Å². The van der Waals surface area contributed by atoms with E-state index in [-0.39, 0.29) is 11.7 Å². The molecule has 35 heavy (non-hydrogen) atoms. The van der Waals surface area contributed by atoms with Crippen molar-refractivity contribution >= 4 is 27.5 Å². The summed E-state index contributed by atoms with van der Waals surface area (Å²) in [4.78, 5) is 19.2. The van der Waals surface area contributed by atoms with Crippen LogP contribution in [0.15, 0.2) is 60.7 Å². The number of thiophene rings is 1. The van der Waals surface area contributed by atoms with Crippen LogP contribution in [0.25, 0.3) is 21.5 Å². The van der Waals surface area contributed by atoms with Gasteiger partial charge in [0.2, 0.25) is 0 Å². The molecule has 182 valence electrons. The second-order valence-corrected chi connectivity index (χ2v) is 10.0. The highest BCUT2D eigenvalue weighted by Gasteiger charge is 2.20. The topological polar surface area (TPSA) is 53.4 Å². The number of aromatic nitrogens is 2. The highest BCUT2D eigenvalue weighted by atomic mass is 32.1. The van der Waals surface area contributed by atoms with Crippen LogP contribution in [0.4, 0.5) is 4.39 Å². The van der Waals surface area contributed by atoms with Crippen molar-refractivity contribution in [1.29, 1.82) is 0 Å². The van der Waals surface area contributed by atoms with E-state index < -0.39 is 0 Å². The van der Waals surface area contributed by atoms with Crippen molar-refractivity contribution in [3.8, 4) is 11.3 Å². The lowest BCUT2D eigenvalue weighted by Gasteiger charge is -2.34. The molecule has 0 atom stereocenters. The molecule has 1 fully saturated rings. The number of rotatable bonds is 8. The van der Waals surface area contributed by atoms with E-state index in [1.807, 2.05) is 13.1 Å². The van der Waals surface area contributed by atoms with Crippen molar-refractivity contribution < 1.29 is 9.18 Å². The number of nitrogens with one attached hydrogen (secondary N) is 1. The standard InChI is InChI=1S/C27H30FN5OS/c1-31-27-22(25(30-31)21-10-5-6-11-23(21)28)18-24(35-27)26(34)29-12-7-13-32-14-16-33(17-15-32)19-20-8-3-2-4-9-20/h2-6,8-11,18H,7,12-17,19H2,1H3,(H,29,34). The van der Waals surface area contributed by atoms with Gasteiger partial charge in [0.1, 0.15) is 16.3 Å². The zero-order chi connectivity index (χ0) is 24.2. The Morgan fingerprint density at radius 2 is 1.74 bits per heavy atom. The molecular weight excluding hydrogens is 461 g/mol. The van der Waals surface area contributed by atoms with Crippen LogP contribution in [0.5, 0.6) is 0 Å². The lowest BCUT2D eigenvalue weighted by molar-refractivity contribution is 0.0951. The number of fused-ring (bicyclic) bond motifs is 1.